The van der Waals surface area contributed by atoms with E-state index in [2.05, 4.69) is 47.2 Å². The molecule has 0 spiro atoms. The molecule has 1 saturated heterocycles. The molecular formula is C14H20N4O. The number of hydrogen-bond donors (Lipinski definition) is 3. The van der Waals surface area contributed by atoms with Crippen molar-refractivity contribution in [2.24, 2.45) is 5.92 Å². The molecule has 102 valence electrons. The Balaban J connectivity index is 2.00. The largest absolute Gasteiger partial charge is 0.367 e. The van der Waals surface area contributed by atoms with E-state index in [4.69, 9.17) is 0 Å². The first-order chi connectivity index (χ1) is 9.20. The maximum absolute atomic E-state index is 11.7. The number of carbonyl (C=O) groups excluding carboxylic acids is 1. The second-order valence-corrected chi connectivity index (χ2v) is 5.23. The van der Waals surface area contributed by atoms with Crippen molar-refractivity contribution in [1.29, 1.82) is 0 Å². The third-order valence-electron chi connectivity index (χ3n) is 3.89. The van der Waals surface area contributed by atoms with Gasteiger partial charge >= 0.3 is 0 Å². The second kappa shape index (κ2) is 4.74. The molecule has 0 aromatic carbocycles. The lowest BCUT2D eigenvalue weighted by molar-refractivity contribution is -0.122. The highest BCUT2D eigenvalue weighted by atomic mass is 16.1. The summed E-state index contributed by atoms with van der Waals surface area (Å²) in [7, 11) is 0. The molecule has 0 aliphatic carbocycles. The van der Waals surface area contributed by atoms with Crippen molar-refractivity contribution in [3.63, 3.8) is 0 Å². The zero-order chi connectivity index (χ0) is 13.4. The van der Waals surface area contributed by atoms with Crippen LogP contribution in [0.2, 0.25) is 0 Å². The highest BCUT2D eigenvalue weighted by Crippen LogP contribution is 2.37. The Hall–Kier alpha value is -1.75. The predicted octanol–water partition coefficient (Wildman–Crippen LogP) is 0.604. The van der Waals surface area contributed by atoms with E-state index in [-0.39, 0.29) is 18.1 Å². The van der Waals surface area contributed by atoms with Crippen LogP contribution < -0.4 is 16.1 Å². The Labute approximate surface area is 113 Å². The van der Waals surface area contributed by atoms with Gasteiger partial charge in [-0.1, -0.05) is 13.0 Å². The molecule has 3 unspecified atom stereocenters. The van der Waals surface area contributed by atoms with Gasteiger partial charge in [-0.25, -0.2) is 5.43 Å². The number of rotatable bonds is 2. The van der Waals surface area contributed by atoms with E-state index in [9.17, 15) is 4.79 Å². The maximum atomic E-state index is 11.7. The van der Waals surface area contributed by atoms with Crippen LogP contribution in [0.3, 0.4) is 0 Å². The SMILES string of the molecule is CCNN1C=C2CC(=O)NC(C)C2C2=CC=CNC21. The molecule has 5 nitrogen and oxygen atoms in total. The molecule has 3 rings (SSSR count). The van der Waals surface area contributed by atoms with Crippen molar-refractivity contribution in [2.45, 2.75) is 32.5 Å². The topological polar surface area (TPSA) is 56.4 Å². The lowest BCUT2D eigenvalue weighted by atomic mass is 9.77. The summed E-state index contributed by atoms with van der Waals surface area (Å²) in [5.74, 6) is 0.417. The van der Waals surface area contributed by atoms with Crippen LogP contribution in [0, 0.1) is 5.92 Å². The quantitative estimate of drug-likeness (QED) is 0.681. The molecule has 0 aromatic rings. The number of nitrogens with zero attached hydrogens (tertiary/aromatic N) is 1. The Kier molecular flexibility index (Phi) is 3.06. The summed E-state index contributed by atoms with van der Waals surface area (Å²) < 4.78 is 0. The number of dihydropyridines is 1. The average Bonchev–Trinajstić information content (AvgIpc) is 2.38. The van der Waals surface area contributed by atoms with Crippen LogP contribution in [-0.4, -0.2) is 29.7 Å². The molecule has 3 aliphatic rings. The van der Waals surface area contributed by atoms with E-state index in [0.29, 0.717) is 12.3 Å². The van der Waals surface area contributed by atoms with Gasteiger partial charge in [0.2, 0.25) is 5.91 Å². The van der Waals surface area contributed by atoms with Crippen LogP contribution in [0.4, 0.5) is 0 Å². The van der Waals surface area contributed by atoms with Gasteiger partial charge in [-0.15, -0.1) is 0 Å². The van der Waals surface area contributed by atoms with Crippen molar-refractivity contribution >= 4 is 5.91 Å². The Bertz CT molecular complexity index is 480. The fraction of sp³-hybridized carbons (Fsp3) is 0.500. The predicted molar refractivity (Wildman–Crippen MR) is 73.5 cm³/mol. The molecule has 0 radical (unpaired) electrons. The van der Waals surface area contributed by atoms with Gasteiger partial charge in [0.25, 0.3) is 0 Å². The van der Waals surface area contributed by atoms with Crippen molar-refractivity contribution < 1.29 is 4.79 Å². The highest BCUT2D eigenvalue weighted by molar-refractivity contribution is 5.81. The van der Waals surface area contributed by atoms with Gasteiger partial charge in [-0.2, -0.15) is 0 Å². The Morgan fingerprint density at radius 1 is 1.53 bits per heavy atom. The Morgan fingerprint density at radius 2 is 2.37 bits per heavy atom. The summed E-state index contributed by atoms with van der Waals surface area (Å²) >= 11 is 0. The summed E-state index contributed by atoms with van der Waals surface area (Å²) in [5.41, 5.74) is 5.84. The summed E-state index contributed by atoms with van der Waals surface area (Å²) in [5, 5.41) is 8.50. The van der Waals surface area contributed by atoms with Gasteiger partial charge in [-0.3, -0.25) is 9.80 Å². The number of hydrazine groups is 1. The number of piperidine rings is 1. The monoisotopic (exact) mass is 260 g/mol. The number of hydrogen-bond acceptors (Lipinski definition) is 4. The first-order valence-corrected chi connectivity index (χ1v) is 6.85. The standard InChI is InChI=1S/C14H20N4O/c1-3-16-18-8-10-7-12(19)17-9(2)13(10)11-5-4-6-15-14(11)18/h4-6,8-9,13-16H,3,7H2,1-2H3,(H,17,19). The number of fused-ring (bicyclic) bond motifs is 3. The highest BCUT2D eigenvalue weighted by Gasteiger charge is 2.40. The van der Waals surface area contributed by atoms with Gasteiger partial charge in [0.1, 0.15) is 6.17 Å². The van der Waals surface area contributed by atoms with Crippen LogP contribution in [0.1, 0.15) is 20.3 Å². The van der Waals surface area contributed by atoms with Crippen LogP contribution in [-0.2, 0) is 4.79 Å². The first-order valence-electron chi connectivity index (χ1n) is 6.85. The van der Waals surface area contributed by atoms with E-state index in [1.165, 1.54) is 11.1 Å². The minimum atomic E-state index is 0.116. The van der Waals surface area contributed by atoms with Crippen LogP contribution in [0.5, 0.6) is 0 Å². The van der Waals surface area contributed by atoms with Crippen LogP contribution in [0.25, 0.3) is 0 Å². The summed E-state index contributed by atoms with van der Waals surface area (Å²) in [6.45, 7) is 5.00. The first kappa shape index (κ1) is 12.3. The minimum absolute atomic E-state index is 0.116. The van der Waals surface area contributed by atoms with Gasteiger partial charge < -0.3 is 10.6 Å². The molecule has 5 heteroatoms. The van der Waals surface area contributed by atoms with Gasteiger partial charge in [-0.05, 0) is 30.3 Å². The molecule has 3 N–H and O–H groups in total. The number of amides is 1. The van der Waals surface area contributed by atoms with Crippen molar-refractivity contribution in [2.75, 3.05) is 6.54 Å². The van der Waals surface area contributed by atoms with Gasteiger partial charge in [0, 0.05) is 24.7 Å². The zero-order valence-corrected chi connectivity index (χ0v) is 11.3. The van der Waals surface area contributed by atoms with E-state index in [0.717, 1.165) is 6.54 Å². The van der Waals surface area contributed by atoms with Crippen LogP contribution in [0.15, 0.2) is 35.7 Å². The number of nitrogens with one attached hydrogen (secondary N) is 3. The van der Waals surface area contributed by atoms with E-state index < -0.39 is 0 Å². The van der Waals surface area contributed by atoms with E-state index in [1.807, 2.05) is 12.3 Å². The van der Waals surface area contributed by atoms with E-state index in [1.54, 1.807) is 0 Å². The molecule has 19 heavy (non-hydrogen) atoms. The lowest BCUT2D eigenvalue weighted by Crippen LogP contribution is -2.58. The minimum Gasteiger partial charge on any atom is -0.367 e. The van der Waals surface area contributed by atoms with Crippen LogP contribution >= 0.6 is 0 Å². The normalized spacial score (nSPS) is 32.6. The maximum Gasteiger partial charge on any atom is 0.224 e. The third-order valence-corrected chi connectivity index (χ3v) is 3.89. The third kappa shape index (κ3) is 2.04. The molecule has 3 aliphatic heterocycles. The fourth-order valence-electron chi connectivity index (χ4n) is 3.21. The Morgan fingerprint density at radius 3 is 3.16 bits per heavy atom. The molecule has 0 bridgehead atoms. The summed E-state index contributed by atoms with van der Waals surface area (Å²) in [4.78, 5) is 11.7. The molecule has 1 amide bonds. The zero-order valence-electron chi connectivity index (χ0n) is 11.3. The molecule has 0 aromatic heterocycles. The molecule has 1 fully saturated rings. The van der Waals surface area contributed by atoms with Gasteiger partial charge in [0.05, 0.1) is 6.42 Å². The molecule has 3 atom stereocenters. The molecule has 3 heterocycles. The molecule has 0 saturated carbocycles. The van der Waals surface area contributed by atoms with Crippen molar-refractivity contribution in [3.05, 3.63) is 35.7 Å². The number of carbonyl (C=O) groups is 1. The summed E-state index contributed by atoms with van der Waals surface area (Å²) in [6.07, 6.45) is 8.88. The molecular weight excluding hydrogens is 240 g/mol. The second-order valence-electron chi connectivity index (χ2n) is 5.23. The summed E-state index contributed by atoms with van der Waals surface area (Å²) in [6, 6.07) is 0.151. The van der Waals surface area contributed by atoms with E-state index >= 15 is 0 Å². The average molecular weight is 260 g/mol. The van der Waals surface area contributed by atoms with Crippen molar-refractivity contribution in [3.8, 4) is 0 Å². The number of allylic oxidation sites excluding steroid dienone is 2. The smallest absolute Gasteiger partial charge is 0.224 e. The fourth-order valence-corrected chi connectivity index (χ4v) is 3.21. The van der Waals surface area contributed by atoms with Gasteiger partial charge in [0.15, 0.2) is 0 Å². The van der Waals surface area contributed by atoms with Crippen molar-refractivity contribution in [1.82, 2.24) is 21.1 Å². The lowest BCUT2D eigenvalue weighted by Gasteiger charge is -2.46.